The topological polar surface area (TPSA) is 24.9 Å². The smallest absolute Gasteiger partial charge is 0.0705 e. The van der Waals surface area contributed by atoms with Crippen LogP contribution in [0.1, 0.15) is 38.8 Å². The molecule has 2 atom stereocenters. The second-order valence-electron chi connectivity index (χ2n) is 6.49. The minimum atomic E-state index is 0.655. The first-order chi connectivity index (χ1) is 9.70. The SMILES string of the molecule is CC1CC(C)CC(NCc2ccc3ccccc3n2)C1. The molecule has 1 heterocycles. The van der Waals surface area contributed by atoms with Crippen LogP contribution < -0.4 is 5.32 Å². The molecule has 0 radical (unpaired) electrons. The molecule has 1 fully saturated rings. The van der Waals surface area contributed by atoms with Gasteiger partial charge in [0.05, 0.1) is 11.2 Å². The highest BCUT2D eigenvalue weighted by Gasteiger charge is 2.23. The van der Waals surface area contributed by atoms with Crippen molar-refractivity contribution in [2.75, 3.05) is 0 Å². The normalized spacial score (nSPS) is 26.8. The summed E-state index contributed by atoms with van der Waals surface area (Å²) in [4.78, 5) is 4.74. The van der Waals surface area contributed by atoms with Gasteiger partial charge in [0, 0.05) is 18.0 Å². The molecule has 1 aromatic heterocycles. The predicted molar refractivity (Wildman–Crippen MR) is 84.5 cm³/mol. The van der Waals surface area contributed by atoms with Gasteiger partial charge in [-0.3, -0.25) is 4.98 Å². The van der Waals surface area contributed by atoms with Gasteiger partial charge in [-0.05, 0) is 43.2 Å². The summed E-state index contributed by atoms with van der Waals surface area (Å²) in [7, 11) is 0. The van der Waals surface area contributed by atoms with Crippen molar-refractivity contribution < 1.29 is 0 Å². The Morgan fingerprint density at radius 3 is 2.55 bits per heavy atom. The largest absolute Gasteiger partial charge is 0.308 e. The highest BCUT2D eigenvalue weighted by Crippen LogP contribution is 2.28. The van der Waals surface area contributed by atoms with Crippen molar-refractivity contribution in [1.82, 2.24) is 10.3 Å². The molecule has 1 N–H and O–H groups in total. The third kappa shape index (κ3) is 3.18. The molecule has 2 aromatic rings. The van der Waals surface area contributed by atoms with Crippen LogP contribution in [-0.4, -0.2) is 11.0 Å². The van der Waals surface area contributed by atoms with Crippen LogP contribution in [0.25, 0.3) is 10.9 Å². The van der Waals surface area contributed by atoms with Gasteiger partial charge in [0.1, 0.15) is 0 Å². The number of nitrogens with one attached hydrogen (secondary N) is 1. The van der Waals surface area contributed by atoms with Crippen molar-refractivity contribution in [3.05, 3.63) is 42.1 Å². The lowest BCUT2D eigenvalue weighted by Gasteiger charge is -2.32. The molecule has 1 saturated carbocycles. The first-order valence-corrected chi connectivity index (χ1v) is 7.79. The van der Waals surface area contributed by atoms with E-state index in [-0.39, 0.29) is 0 Å². The van der Waals surface area contributed by atoms with E-state index in [0.29, 0.717) is 6.04 Å². The van der Waals surface area contributed by atoms with Crippen molar-refractivity contribution >= 4 is 10.9 Å². The summed E-state index contributed by atoms with van der Waals surface area (Å²) < 4.78 is 0. The van der Waals surface area contributed by atoms with Crippen LogP contribution in [0, 0.1) is 11.8 Å². The van der Waals surface area contributed by atoms with Gasteiger partial charge < -0.3 is 5.32 Å². The van der Waals surface area contributed by atoms with E-state index >= 15 is 0 Å². The zero-order valence-corrected chi connectivity index (χ0v) is 12.5. The maximum atomic E-state index is 4.74. The monoisotopic (exact) mass is 268 g/mol. The standard InChI is InChI=1S/C18H24N2/c1-13-9-14(2)11-17(10-13)19-12-16-8-7-15-5-3-4-6-18(15)20-16/h3-8,13-14,17,19H,9-12H2,1-2H3. The second-order valence-corrected chi connectivity index (χ2v) is 6.49. The van der Waals surface area contributed by atoms with Crippen LogP contribution in [0.2, 0.25) is 0 Å². The van der Waals surface area contributed by atoms with E-state index in [9.17, 15) is 0 Å². The molecule has 0 saturated heterocycles. The van der Waals surface area contributed by atoms with E-state index in [1.807, 2.05) is 0 Å². The van der Waals surface area contributed by atoms with Gasteiger partial charge >= 0.3 is 0 Å². The van der Waals surface area contributed by atoms with Gasteiger partial charge in [-0.1, -0.05) is 38.1 Å². The average Bonchev–Trinajstić information content (AvgIpc) is 2.44. The molecule has 2 heteroatoms. The molecule has 0 aliphatic heterocycles. The summed E-state index contributed by atoms with van der Waals surface area (Å²) in [6.07, 6.45) is 3.99. The molecule has 0 spiro atoms. The fourth-order valence-electron chi connectivity index (χ4n) is 3.57. The van der Waals surface area contributed by atoms with Crippen molar-refractivity contribution in [3.8, 4) is 0 Å². The number of rotatable bonds is 3. The van der Waals surface area contributed by atoms with Crippen molar-refractivity contribution in [3.63, 3.8) is 0 Å². The highest BCUT2D eigenvalue weighted by atomic mass is 14.9. The van der Waals surface area contributed by atoms with Crippen LogP contribution in [0.5, 0.6) is 0 Å². The Labute approximate surface area is 121 Å². The lowest BCUT2D eigenvalue weighted by molar-refractivity contribution is 0.238. The fourth-order valence-corrected chi connectivity index (χ4v) is 3.57. The highest BCUT2D eigenvalue weighted by molar-refractivity contribution is 5.78. The summed E-state index contributed by atoms with van der Waals surface area (Å²) in [5.41, 5.74) is 2.24. The predicted octanol–water partition coefficient (Wildman–Crippen LogP) is 4.15. The number of nitrogens with zero attached hydrogens (tertiary/aromatic N) is 1. The molecule has 20 heavy (non-hydrogen) atoms. The summed E-state index contributed by atoms with van der Waals surface area (Å²) >= 11 is 0. The summed E-state index contributed by atoms with van der Waals surface area (Å²) in [5.74, 6) is 1.70. The van der Waals surface area contributed by atoms with Crippen molar-refractivity contribution in [2.45, 2.75) is 45.7 Å². The van der Waals surface area contributed by atoms with E-state index in [0.717, 1.165) is 29.6 Å². The summed E-state index contributed by atoms with van der Waals surface area (Å²) in [6.45, 7) is 5.63. The Hall–Kier alpha value is -1.41. The quantitative estimate of drug-likeness (QED) is 0.904. The second kappa shape index (κ2) is 5.92. The number of aromatic nitrogens is 1. The maximum absolute atomic E-state index is 4.74. The zero-order valence-electron chi connectivity index (χ0n) is 12.5. The van der Waals surface area contributed by atoms with Crippen LogP contribution in [0.15, 0.2) is 36.4 Å². The summed E-state index contributed by atoms with van der Waals surface area (Å²) in [6, 6.07) is 13.3. The Morgan fingerprint density at radius 2 is 1.75 bits per heavy atom. The lowest BCUT2D eigenvalue weighted by Crippen LogP contribution is -2.36. The number of hydrogen-bond donors (Lipinski definition) is 1. The molecule has 0 amide bonds. The molecule has 106 valence electrons. The fraction of sp³-hybridized carbons (Fsp3) is 0.500. The molecule has 0 bridgehead atoms. The van der Waals surface area contributed by atoms with E-state index in [1.165, 1.54) is 24.6 Å². The van der Waals surface area contributed by atoms with Gasteiger partial charge in [0.2, 0.25) is 0 Å². The minimum Gasteiger partial charge on any atom is -0.308 e. The van der Waals surface area contributed by atoms with Gasteiger partial charge in [-0.2, -0.15) is 0 Å². The Kier molecular flexibility index (Phi) is 4.02. The molecule has 3 rings (SSSR count). The van der Waals surface area contributed by atoms with Gasteiger partial charge in [0.25, 0.3) is 0 Å². The van der Waals surface area contributed by atoms with Crippen LogP contribution in [0.3, 0.4) is 0 Å². The zero-order chi connectivity index (χ0) is 13.9. The molecular weight excluding hydrogens is 244 g/mol. The van der Waals surface area contributed by atoms with E-state index < -0.39 is 0 Å². The third-order valence-electron chi connectivity index (χ3n) is 4.41. The average molecular weight is 268 g/mol. The first-order valence-electron chi connectivity index (χ1n) is 7.79. The van der Waals surface area contributed by atoms with Gasteiger partial charge in [-0.15, -0.1) is 0 Å². The molecule has 1 aliphatic rings. The summed E-state index contributed by atoms with van der Waals surface area (Å²) in [5, 5.41) is 4.92. The number of para-hydroxylation sites is 1. The van der Waals surface area contributed by atoms with Crippen LogP contribution in [0.4, 0.5) is 0 Å². The molecule has 1 aliphatic carbocycles. The Morgan fingerprint density at radius 1 is 1.00 bits per heavy atom. The molecule has 2 nitrogen and oxygen atoms in total. The lowest BCUT2D eigenvalue weighted by atomic mass is 9.80. The van der Waals surface area contributed by atoms with Crippen molar-refractivity contribution in [2.24, 2.45) is 11.8 Å². The van der Waals surface area contributed by atoms with Crippen LogP contribution >= 0.6 is 0 Å². The van der Waals surface area contributed by atoms with E-state index in [4.69, 9.17) is 4.98 Å². The Bertz CT molecular complexity index is 568. The third-order valence-corrected chi connectivity index (χ3v) is 4.41. The van der Waals surface area contributed by atoms with E-state index in [2.05, 4.69) is 55.6 Å². The number of pyridine rings is 1. The molecular formula is C18H24N2. The number of hydrogen-bond acceptors (Lipinski definition) is 2. The minimum absolute atomic E-state index is 0.655. The van der Waals surface area contributed by atoms with Crippen molar-refractivity contribution in [1.29, 1.82) is 0 Å². The molecule has 2 unspecified atom stereocenters. The Balaban J connectivity index is 1.64. The number of fused-ring (bicyclic) bond motifs is 1. The van der Waals surface area contributed by atoms with Gasteiger partial charge in [0.15, 0.2) is 0 Å². The molecule has 1 aromatic carbocycles. The van der Waals surface area contributed by atoms with Crippen LogP contribution in [-0.2, 0) is 6.54 Å². The first kappa shape index (κ1) is 13.6. The number of benzene rings is 1. The van der Waals surface area contributed by atoms with E-state index in [1.54, 1.807) is 0 Å². The maximum Gasteiger partial charge on any atom is 0.0705 e. The van der Waals surface area contributed by atoms with Gasteiger partial charge in [-0.25, -0.2) is 0 Å².